The number of aliphatic carboxylic acids is 1. The molecule has 0 bridgehead atoms. The number of rotatable bonds is 6. The number of hydrogen-bond donors (Lipinski definition) is 2. The van der Waals surface area contributed by atoms with E-state index >= 15 is 0 Å². The molecule has 1 aliphatic heterocycles. The van der Waals surface area contributed by atoms with Crippen LogP contribution in [0.25, 0.3) is 0 Å². The van der Waals surface area contributed by atoms with E-state index in [0.717, 1.165) is 0 Å². The minimum Gasteiger partial charge on any atom is -0.484 e. The molecule has 23 heavy (non-hydrogen) atoms. The molecule has 1 aromatic rings. The van der Waals surface area contributed by atoms with Crippen molar-refractivity contribution in [2.24, 2.45) is 5.73 Å². The van der Waals surface area contributed by atoms with Gasteiger partial charge in [0.1, 0.15) is 5.75 Å². The summed E-state index contributed by atoms with van der Waals surface area (Å²) in [6.45, 7) is 0.688. The molecule has 0 saturated carbocycles. The second-order valence-corrected chi connectivity index (χ2v) is 5.10. The van der Waals surface area contributed by atoms with E-state index in [9.17, 15) is 14.4 Å². The summed E-state index contributed by atoms with van der Waals surface area (Å²) in [5.41, 5.74) is 5.40. The van der Waals surface area contributed by atoms with Gasteiger partial charge >= 0.3 is 5.97 Å². The number of nitrogens with two attached hydrogens (primary N) is 1. The molecule has 1 heterocycles. The molecule has 8 nitrogen and oxygen atoms in total. The van der Waals surface area contributed by atoms with Crippen LogP contribution in [0.1, 0.15) is 16.8 Å². The highest BCUT2D eigenvalue weighted by molar-refractivity contribution is 5.94. The van der Waals surface area contributed by atoms with Gasteiger partial charge in [0, 0.05) is 12.1 Å². The van der Waals surface area contributed by atoms with Gasteiger partial charge < -0.3 is 25.2 Å². The average molecular weight is 322 g/mol. The van der Waals surface area contributed by atoms with E-state index in [4.69, 9.17) is 20.3 Å². The Morgan fingerprint density at radius 3 is 2.61 bits per heavy atom. The average Bonchev–Trinajstić information content (AvgIpc) is 2.53. The van der Waals surface area contributed by atoms with Crippen LogP contribution < -0.4 is 10.5 Å². The molecule has 1 fully saturated rings. The number of primary amides is 1. The third-order valence-corrected chi connectivity index (χ3v) is 3.38. The Morgan fingerprint density at radius 1 is 1.30 bits per heavy atom. The first kappa shape index (κ1) is 16.8. The molecule has 124 valence electrons. The summed E-state index contributed by atoms with van der Waals surface area (Å²) >= 11 is 0. The molecule has 1 atom stereocenters. The minimum atomic E-state index is -0.978. The first-order valence-corrected chi connectivity index (χ1v) is 7.09. The molecule has 0 aromatic heterocycles. The van der Waals surface area contributed by atoms with Crippen LogP contribution in [0.15, 0.2) is 24.3 Å². The molecule has 0 aliphatic carbocycles. The number of carbonyl (C=O) groups excluding carboxylic acids is 2. The molecule has 8 heteroatoms. The van der Waals surface area contributed by atoms with Crippen molar-refractivity contribution in [3.8, 4) is 5.75 Å². The van der Waals surface area contributed by atoms with E-state index in [0.29, 0.717) is 24.5 Å². The monoisotopic (exact) mass is 322 g/mol. The van der Waals surface area contributed by atoms with Gasteiger partial charge in [-0.3, -0.25) is 14.4 Å². The summed E-state index contributed by atoms with van der Waals surface area (Å²) in [5, 5.41) is 8.93. The van der Waals surface area contributed by atoms with E-state index in [2.05, 4.69) is 0 Å². The Morgan fingerprint density at radius 2 is 2.00 bits per heavy atom. The van der Waals surface area contributed by atoms with Crippen molar-refractivity contribution < 1.29 is 29.0 Å². The van der Waals surface area contributed by atoms with Gasteiger partial charge in [0.25, 0.3) is 11.8 Å². The maximum Gasteiger partial charge on any atom is 0.305 e. The van der Waals surface area contributed by atoms with Gasteiger partial charge in [0.2, 0.25) is 0 Å². The van der Waals surface area contributed by atoms with E-state index in [1.54, 1.807) is 24.3 Å². The van der Waals surface area contributed by atoms with E-state index in [-0.39, 0.29) is 25.5 Å². The van der Waals surface area contributed by atoms with Gasteiger partial charge in [-0.1, -0.05) is 0 Å². The minimum absolute atomic E-state index is 0.161. The van der Waals surface area contributed by atoms with Crippen LogP contribution in [0.5, 0.6) is 5.75 Å². The topological polar surface area (TPSA) is 119 Å². The normalized spacial score (nSPS) is 17.6. The van der Waals surface area contributed by atoms with Crippen molar-refractivity contribution in [3.05, 3.63) is 29.8 Å². The van der Waals surface area contributed by atoms with Crippen LogP contribution in [0.4, 0.5) is 0 Å². The van der Waals surface area contributed by atoms with Crippen LogP contribution in [-0.2, 0) is 14.3 Å². The highest BCUT2D eigenvalue weighted by atomic mass is 16.5. The highest BCUT2D eigenvalue weighted by Crippen LogP contribution is 2.18. The predicted molar refractivity (Wildman–Crippen MR) is 79.0 cm³/mol. The van der Waals surface area contributed by atoms with Crippen LogP contribution in [0, 0.1) is 0 Å². The van der Waals surface area contributed by atoms with Crippen LogP contribution in [0.3, 0.4) is 0 Å². The molecule has 2 amide bonds. The Kier molecular flexibility index (Phi) is 5.53. The second kappa shape index (κ2) is 7.59. The molecule has 3 N–H and O–H groups in total. The number of benzene rings is 1. The molecular formula is C15H18N2O6. The summed E-state index contributed by atoms with van der Waals surface area (Å²) in [7, 11) is 0. The molecule has 1 saturated heterocycles. The van der Waals surface area contributed by atoms with E-state index in [1.165, 1.54) is 4.90 Å². The lowest BCUT2D eigenvalue weighted by molar-refractivity contribution is -0.139. The summed E-state index contributed by atoms with van der Waals surface area (Å²) in [6, 6.07) is 5.75. The Labute approximate surface area is 132 Å². The predicted octanol–water partition coefficient (Wildman–Crippen LogP) is -0.134. The van der Waals surface area contributed by atoms with Crippen LogP contribution in [-0.4, -0.2) is 60.2 Å². The van der Waals surface area contributed by atoms with Crippen LogP contribution >= 0.6 is 0 Å². The van der Waals surface area contributed by atoms with Crippen molar-refractivity contribution in [1.29, 1.82) is 0 Å². The maximum absolute atomic E-state index is 12.5. The molecule has 1 aromatic carbocycles. The SMILES string of the molecule is NC(=O)COc1ccc(C(=O)N2CCOCC2CC(=O)O)cc1. The number of ether oxygens (including phenoxy) is 2. The Hall–Kier alpha value is -2.61. The molecule has 2 rings (SSSR count). The van der Waals surface area contributed by atoms with Crippen molar-refractivity contribution in [2.45, 2.75) is 12.5 Å². The second-order valence-electron chi connectivity index (χ2n) is 5.10. The summed E-state index contributed by atoms with van der Waals surface area (Å²) < 4.78 is 10.4. The Bertz CT molecular complexity index is 586. The van der Waals surface area contributed by atoms with Crippen molar-refractivity contribution in [3.63, 3.8) is 0 Å². The van der Waals surface area contributed by atoms with Crippen molar-refractivity contribution in [1.82, 2.24) is 4.90 Å². The lowest BCUT2D eigenvalue weighted by Crippen LogP contribution is -2.49. The van der Waals surface area contributed by atoms with Gasteiger partial charge in [0.15, 0.2) is 6.61 Å². The number of amides is 2. The zero-order valence-electron chi connectivity index (χ0n) is 12.4. The van der Waals surface area contributed by atoms with E-state index < -0.39 is 17.9 Å². The highest BCUT2D eigenvalue weighted by Gasteiger charge is 2.29. The van der Waals surface area contributed by atoms with Crippen molar-refractivity contribution >= 4 is 17.8 Å². The Balaban J connectivity index is 2.05. The first-order valence-electron chi connectivity index (χ1n) is 7.09. The quantitative estimate of drug-likeness (QED) is 0.753. The number of carboxylic acid groups (broad SMARTS) is 1. The van der Waals surface area contributed by atoms with Gasteiger partial charge in [-0.15, -0.1) is 0 Å². The summed E-state index contributed by atoms with van der Waals surface area (Å²) in [5.74, 6) is -1.41. The standard InChI is InChI=1S/C15H18N2O6/c16-13(18)9-23-12-3-1-10(2-4-12)15(21)17-5-6-22-8-11(17)7-14(19)20/h1-4,11H,5-9H2,(H2,16,18)(H,19,20). The molecule has 1 unspecified atom stereocenters. The van der Waals surface area contributed by atoms with Gasteiger partial charge in [-0.25, -0.2) is 0 Å². The van der Waals surface area contributed by atoms with Gasteiger partial charge in [-0.2, -0.15) is 0 Å². The maximum atomic E-state index is 12.5. The fraction of sp³-hybridized carbons (Fsp3) is 0.400. The smallest absolute Gasteiger partial charge is 0.305 e. The number of nitrogens with zero attached hydrogens (tertiary/aromatic N) is 1. The lowest BCUT2D eigenvalue weighted by Gasteiger charge is -2.34. The lowest BCUT2D eigenvalue weighted by atomic mass is 10.1. The molecule has 0 radical (unpaired) electrons. The number of carbonyl (C=O) groups is 3. The largest absolute Gasteiger partial charge is 0.484 e. The van der Waals surface area contributed by atoms with E-state index in [1.807, 2.05) is 0 Å². The van der Waals surface area contributed by atoms with Gasteiger partial charge in [0.05, 0.1) is 25.7 Å². The zero-order valence-corrected chi connectivity index (χ0v) is 12.4. The summed E-state index contributed by atoms with van der Waals surface area (Å²) in [6.07, 6.45) is -0.161. The number of carboxylic acids is 1. The summed E-state index contributed by atoms with van der Waals surface area (Å²) in [4.78, 5) is 35.6. The molecular weight excluding hydrogens is 304 g/mol. The third-order valence-electron chi connectivity index (χ3n) is 3.38. The number of hydrogen-bond acceptors (Lipinski definition) is 5. The molecule has 0 spiro atoms. The van der Waals surface area contributed by atoms with Gasteiger partial charge in [-0.05, 0) is 24.3 Å². The fourth-order valence-electron chi connectivity index (χ4n) is 2.31. The zero-order chi connectivity index (χ0) is 16.8. The fourth-order valence-corrected chi connectivity index (χ4v) is 2.31. The number of morpholine rings is 1. The molecule has 1 aliphatic rings. The first-order chi connectivity index (χ1) is 11.0. The van der Waals surface area contributed by atoms with Crippen LogP contribution in [0.2, 0.25) is 0 Å². The van der Waals surface area contributed by atoms with Crippen molar-refractivity contribution in [2.75, 3.05) is 26.4 Å². The third kappa shape index (κ3) is 4.68.